The van der Waals surface area contributed by atoms with Gasteiger partial charge in [-0.2, -0.15) is 0 Å². The van der Waals surface area contributed by atoms with Crippen LogP contribution in [0.1, 0.15) is 33.1 Å². The highest BCUT2D eigenvalue weighted by atomic mass is 32.1. The van der Waals surface area contributed by atoms with E-state index in [1.165, 1.54) is 0 Å². The average Bonchev–Trinajstić information content (AvgIpc) is 2.28. The Labute approximate surface area is 108 Å². The molecule has 0 aliphatic rings. The number of carbonyl (C=O) groups excluding carboxylic acids is 1. The molecule has 0 aromatic carbocycles. The van der Waals surface area contributed by atoms with E-state index in [-0.39, 0.29) is 5.11 Å². The van der Waals surface area contributed by atoms with Gasteiger partial charge in [-0.15, -0.1) is 0 Å². The standard InChI is InChI=1S/C11H22N2O3S/c1-3-5-8-15-9-6-7-12-10(17)13-11(14)16-4-2/h3-9H2,1-2H3,(H2,12,13,14,17). The Morgan fingerprint density at radius 3 is 2.59 bits per heavy atom. The monoisotopic (exact) mass is 262 g/mol. The van der Waals surface area contributed by atoms with E-state index in [1.54, 1.807) is 6.92 Å². The summed E-state index contributed by atoms with van der Waals surface area (Å²) in [5.74, 6) is 0. The van der Waals surface area contributed by atoms with Crippen molar-refractivity contribution in [2.45, 2.75) is 33.1 Å². The fraction of sp³-hybridized carbons (Fsp3) is 0.818. The minimum absolute atomic E-state index is 0.289. The van der Waals surface area contributed by atoms with Gasteiger partial charge in [0.05, 0.1) is 6.61 Å². The van der Waals surface area contributed by atoms with Crippen LogP contribution in [0.4, 0.5) is 4.79 Å². The molecule has 0 radical (unpaired) electrons. The second-order valence-electron chi connectivity index (χ2n) is 3.42. The average molecular weight is 262 g/mol. The van der Waals surface area contributed by atoms with Crippen molar-refractivity contribution in [2.24, 2.45) is 0 Å². The number of hydrogen-bond donors (Lipinski definition) is 2. The molecule has 0 aliphatic heterocycles. The number of hydrogen-bond acceptors (Lipinski definition) is 4. The van der Waals surface area contributed by atoms with E-state index in [9.17, 15) is 4.79 Å². The van der Waals surface area contributed by atoms with E-state index in [2.05, 4.69) is 22.3 Å². The number of nitrogens with one attached hydrogen (secondary N) is 2. The van der Waals surface area contributed by atoms with Gasteiger partial charge in [0, 0.05) is 19.8 Å². The lowest BCUT2D eigenvalue weighted by molar-refractivity contribution is 0.129. The summed E-state index contributed by atoms with van der Waals surface area (Å²) in [6.07, 6.45) is 2.57. The zero-order valence-corrected chi connectivity index (χ0v) is 11.4. The summed E-state index contributed by atoms with van der Waals surface area (Å²) in [6, 6.07) is 0. The number of carbonyl (C=O) groups is 1. The first-order valence-electron chi connectivity index (χ1n) is 6.00. The zero-order chi connectivity index (χ0) is 12.9. The molecular formula is C11H22N2O3S. The summed E-state index contributed by atoms with van der Waals surface area (Å²) in [4.78, 5) is 11.0. The first kappa shape index (κ1) is 16.1. The summed E-state index contributed by atoms with van der Waals surface area (Å²) in [6.45, 7) is 6.39. The first-order valence-corrected chi connectivity index (χ1v) is 6.40. The van der Waals surface area contributed by atoms with E-state index >= 15 is 0 Å². The largest absolute Gasteiger partial charge is 0.450 e. The predicted molar refractivity (Wildman–Crippen MR) is 71.1 cm³/mol. The molecule has 5 nitrogen and oxygen atoms in total. The molecule has 0 aromatic heterocycles. The molecular weight excluding hydrogens is 240 g/mol. The van der Waals surface area contributed by atoms with E-state index in [0.717, 1.165) is 25.9 Å². The second-order valence-corrected chi connectivity index (χ2v) is 3.83. The van der Waals surface area contributed by atoms with Gasteiger partial charge >= 0.3 is 6.09 Å². The molecule has 0 bridgehead atoms. The highest BCUT2D eigenvalue weighted by molar-refractivity contribution is 7.80. The maximum atomic E-state index is 11.0. The molecule has 0 atom stereocenters. The van der Waals surface area contributed by atoms with E-state index < -0.39 is 6.09 Å². The van der Waals surface area contributed by atoms with Gasteiger partial charge in [0.25, 0.3) is 0 Å². The summed E-state index contributed by atoms with van der Waals surface area (Å²) in [5.41, 5.74) is 0. The van der Waals surface area contributed by atoms with Gasteiger partial charge in [-0.05, 0) is 32.0 Å². The van der Waals surface area contributed by atoms with E-state index in [4.69, 9.17) is 17.0 Å². The molecule has 0 spiro atoms. The van der Waals surface area contributed by atoms with Gasteiger partial charge in [0.1, 0.15) is 0 Å². The first-order chi connectivity index (χ1) is 8.20. The predicted octanol–water partition coefficient (Wildman–Crippen LogP) is 1.81. The van der Waals surface area contributed by atoms with Crippen molar-refractivity contribution < 1.29 is 14.3 Å². The Morgan fingerprint density at radius 2 is 1.94 bits per heavy atom. The van der Waals surface area contributed by atoms with Crippen LogP contribution in [0.25, 0.3) is 0 Å². The minimum Gasteiger partial charge on any atom is -0.450 e. The smallest absolute Gasteiger partial charge is 0.413 e. The lowest BCUT2D eigenvalue weighted by atomic mass is 10.4. The minimum atomic E-state index is -0.524. The number of ether oxygens (including phenoxy) is 2. The van der Waals surface area contributed by atoms with Gasteiger partial charge < -0.3 is 14.8 Å². The summed E-state index contributed by atoms with van der Waals surface area (Å²) >= 11 is 4.90. The maximum Gasteiger partial charge on any atom is 0.413 e. The number of amides is 1. The van der Waals surface area contributed by atoms with Crippen molar-refractivity contribution in [3.05, 3.63) is 0 Å². The zero-order valence-electron chi connectivity index (χ0n) is 10.6. The molecule has 0 unspecified atom stereocenters. The van der Waals surface area contributed by atoms with Crippen LogP contribution >= 0.6 is 12.2 Å². The third kappa shape index (κ3) is 11.4. The quantitative estimate of drug-likeness (QED) is 0.516. The van der Waals surface area contributed by atoms with Gasteiger partial charge in [0.2, 0.25) is 0 Å². The van der Waals surface area contributed by atoms with Crippen LogP contribution in [0.5, 0.6) is 0 Å². The highest BCUT2D eigenvalue weighted by Crippen LogP contribution is 1.89. The number of rotatable bonds is 8. The van der Waals surface area contributed by atoms with Crippen molar-refractivity contribution >= 4 is 23.4 Å². The molecule has 1 amide bonds. The van der Waals surface area contributed by atoms with Gasteiger partial charge in [-0.1, -0.05) is 13.3 Å². The summed E-state index contributed by atoms with van der Waals surface area (Å²) < 4.78 is 10.1. The maximum absolute atomic E-state index is 11.0. The van der Waals surface area contributed by atoms with E-state index in [1.807, 2.05) is 0 Å². The van der Waals surface area contributed by atoms with Gasteiger partial charge in [-0.25, -0.2) is 4.79 Å². The third-order valence-corrected chi connectivity index (χ3v) is 2.13. The fourth-order valence-corrected chi connectivity index (χ4v) is 1.21. The van der Waals surface area contributed by atoms with Crippen LogP contribution in [-0.4, -0.2) is 37.6 Å². The highest BCUT2D eigenvalue weighted by Gasteiger charge is 2.02. The van der Waals surface area contributed by atoms with Crippen molar-refractivity contribution in [3.8, 4) is 0 Å². The van der Waals surface area contributed by atoms with Crippen LogP contribution in [0.2, 0.25) is 0 Å². The van der Waals surface area contributed by atoms with Crippen LogP contribution in [-0.2, 0) is 9.47 Å². The van der Waals surface area contributed by atoms with Crippen molar-refractivity contribution in [1.82, 2.24) is 10.6 Å². The molecule has 0 heterocycles. The van der Waals surface area contributed by atoms with Gasteiger partial charge in [0.15, 0.2) is 5.11 Å². The summed E-state index contributed by atoms with van der Waals surface area (Å²) in [7, 11) is 0. The molecule has 0 aliphatic carbocycles. The van der Waals surface area contributed by atoms with Crippen molar-refractivity contribution in [2.75, 3.05) is 26.4 Å². The Bertz CT molecular complexity index is 225. The van der Waals surface area contributed by atoms with E-state index in [0.29, 0.717) is 19.8 Å². The number of thiocarbonyl (C=S) groups is 1. The lowest BCUT2D eigenvalue weighted by Crippen LogP contribution is -2.40. The third-order valence-electron chi connectivity index (χ3n) is 1.88. The van der Waals surface area contributed by atoms with Crippen LogP contribution in [0.3, 0.4) is 0 Å². The fourth-order valence-electron chi connectivity index (χ4n) is 1.03. The molecule has 2 N–H and O–H groups in total. The van der Waals surface area contributed by atoms with Crippen LogP contribution < -0.4 is 10.6 Å². The Morgan fingerprint density at radius 1 is 1.24 bits per heavy atom. The van der Waals surface area contributed by atoms with Crippen LogP contribution in [0.15, 0.2) is 0 Å². The molecule has 0 aromatic rings. The SMILES string of the molecule is CCCCOCCCNC(=S)NC(=O)OCC. The molecule has 0 fully saturated rings. The normalized spacial score (nSPS) is 9.76. The molecule has 0 saturated heterocycles. The summed E-state index contributed by atoms with van der Waals surface area (Å²) in [5, 5.41) is 5.60. The lowest BCUT2D eigenvalue weighted by Gasteiger charge is -2.09. The van der Waals surface area contributed by atoms with Crippen molar-refractivity contribution in [3.63, 3.8) is 0 Å². The topological polar surface area (TPSA) is 59.6 Å². The Hall–Kier alpha value is -0.880. The number of alkyl carbamates (subject to hydrolysis) is 1. The molecule has 6 heteroatoms. The van der Waals surface area contributed by atoms with Gasteiger partial charge in [-0.3, -0.25) is 5.32 Å². The van der Waals surface area contributed by atoms with Crippen molar-refractivity contribution in [1.29, 1.82) is 0 Å². The number of unbranched alkanes of at least 4 members (excludes halogenated alkanes) is 1. The molecule has 17 heavy (non-hydrogen) atoms. The Balaban J connectivity index is 3.30. The molecule has 0 saturated carbocycles. The molecule has 0 rings (SSSR count). The Kier molecular flexibility index (Phi) is 11.0. The van der Waals surface area contributed by atoms with Crippen LogP contribution in [0, 0.1) is 0 Å². The molecule has 100 valence electrons. The second kappa shape index (κ2) is 11.6.